The van der Waals surface area contributed by atoms with Gasteiger partial charge in [0.25, 0.3) is 5.91 Å². The van der Waals surface area contributed by atoms with Crippen molar-refractivity contribution in [1.82, 2.24) is 5.32 Å². The maximum Gasteiger partial charge on any atom is 0.375 e. The first kappa shape index (κ1) is 20.5. The Hall–Kier alpha value is -3.28. The Balaban J connectivity index is 1.82. The van der Waals surface area contributed by atoms with Gasteiger partial charge >= 0.3 is 5.97 Å². The van der Waals surface area contributed by atoms with Crippen molar-refractivity contribution < 1.29 is 23.5 Å². The first-order chi connectivity index (χ1) is 13.7. The van der Waals surface area contributed by atoms with Gasteiger partial charge in [0, 0.05) is 10.9 Å². The number of amides is 1. The first-order valence-corrected chi connectivity index (χ1v) is 9.46. The van der Waals surface area contributed by atoms with Gasteiger partial charge in [-0.3, -0.25) is 4.79 Å². The van der Waals surface area contributed by atoms with Crippen LogP contribution in [-0.4, -0.2) is 23.5 Å². The van der Waals surface area contributed by atoms with Crippen molar-refractivity contribution in [3.63, 3.8) is 0 Å². The Bertz CT molecular complexity index is 1000. The Morgan fingerprint density at radius 1 is 1.03 bits per heavy atom. The molecular weight excluding hydrogens is 370 g/mol. The lowest BCUT2D eigenvalue weighted by molar-refractivity contribution is -0.130. The molecule has 29 heavy (non-hydrogen) atoms. The van der Waals surface area contributed by atoms with Gasteiger partial charge in [-0.2, -0.15) is 0 Å². The number of benzene rings is 2. The Kier molecular flexibility index (Phi) is 5.92. The topological polar surface area (TPSA) is 77.8 Å². The summed E-state index contributed by atoms with van der Waals surface area (Å²) in [5.74, 6) is -0.360. The SMILES string of the molecule is CC(OC(=O)c1oc2ccccc2c1COc1ccccc1)C(=O)NC(C)(C)C. The molecule has 3 rings (SSSR count). The monoisotopic (exact) mass is 395 g/mol. The second-order valence-electron chi connectivity index (χ2n) is 7.79. The minimum Gasteiger partial charge on any atom is -0.489 e. The zero-order chi connectivity index (χ0) is 21.0. The summed E-state index contributed by atoms with van der Waals surface area (Å²) < 4.78 is 16.9. The number of carbonyl (C=O) groups excluding carboxylic acids is 2. The number of esters is 1. The van der Waals surface area contributed by atoms with Crippen molar-refractivity contribution in [3.8, 4) is 5.75 Å². The van der Waals surface area contributed by atoms with E-state index >= 15 is 0 Å². The third kappa shape index (κ3) is 5.16. The molecule has 1 unspecified atom stereocenters. The molecule has 0 saturated heterocycles. The van der Waals surface area contributed by atoms with Crippen LogP contribution in [-0.2, 0) is 16.1 Å². The summed E-state index contributed by atoms with van der Waals surface area (Å²) in [5.41, 5.74) is 0.710. The van der Waals surface area contributed by atoms with Crippen molar-refractivity contribution in [2.45, 2.75) is 45.9 Å². The molecule has 0 aliphatic rings. The van der Waals surface area contributed by atoms with E-state index in [4.69, 9.17) is 13.9 Å². The smallest absolute Gasteiger partial charge is 0.375 e. The number of fused-ring (bicyclic) bond motifs is 1. The molecule has 1 amide bonds. The highest BCUT2D eigenvalue weighted by Gasteiger charge is 2.27. The number of carbonyl (C=O) groups is 2. The van der Waals surface area contributed by atoms with E-state index in [0.717, 1.165) is 5.39 Å². The number of furan rings is 1. The molecule has 152 valence electrons. The largest absolute Gasteiger partial charge is 0.489 e. The summed E-state index contributed by atoms with van der Waals surface area (Å²) >= 11 is 0. The van der Waals surface area contributed by atoms with Crippen molar-refractivity contribution in [2.24, 2.45) is 0 Å². The molecule has 3 aromatic rings. The predicted molar refractivity (Wildman–Crippen MR) is 110 cm³/mol. The van der Waals surface area contributed by atoms with Crippen molar-refractivity contribution in [3.05, 3.63) is 65.9 Å². The van der Waals surface area contributed by atoms with Crippen LogP contribution in [0.15, 0.2) is 59.0 Å². The van der Waals surface area contributed by atoms with E-state index in [1.165, 1.54) is 6.92 Å². The van der Waals surface area contributed by atoms with Crippen LogP contribution in [0.2, 0.25) is 0 Å². The minimum atomic E-state index is -0.960. The molecule has 6 heteroatoms. The number of ether oxygens (including phenoxy) is 2. The van der Waals surface area contributed by atoms with Crippen LogP contribution < -0.4 is 10.1 Å². The van der Waals surface area contributed by atoms with E-state index in [2.05, 4.69) is 5.32 Å². The average molecular weight is 395 g/mol. The van der Waals surface area contributed by atoms with Gasteiger partial charge in [-0.25, -0.2) is 4.79 Å². The average Bonchev–Trinajstić information content (AvgIpc) is 3.04. The summed E-state index contributed by atoms with van der Waals surface area (Å²) in [6.07, 6.45) is -0.960. The third-order valence-corrected chi connectivity index (χ3v) is 4.16. The van der Waals surface area contributed by atoms with E-state index in [1.807, 2.05) is 69.3 Å². The fourth-order valence-corrected chi connectivity index (χ4v) is 2.82. The number of hydrogen-bond donors (Lipinski definition) is 1. The van der Waals surface area contributed by atoms with Crippen LogP contribution >= 0.6 is 0 Å². The summed E-state index contributed by atoms with van der Waals surface area (Å²) in [5, 5.41) is 3.56. The highest BCUT2D eigenvalue weighted by atomic mass is 16.6. The van der Waals surface area contributed by atoms with E-state index in [0.29, 0.717) is 16.9 Å². The highest BCUT2D eigenvalue weighted by molar-refractivity contribution is 5.97. The van der Waals surface area contributed by atoms with Gasteiger partial charge in [-0.05, 0) is 45.9 Å². The van der Waals surface area contributed by atoms with Gasteiger partial charge in [-0.15, -0.1) is 0 Å². The summed E-state index contributed by atoms with van der Waals surface area (Å²) in [4.78, 5) is 25.0. The number of rotatable bonds is 6. The second kappa shape index (κ2) is 8.39. The zero-order valence-electron chi connectivity index (χ0n) is 17.0. The van der Waals surface area contributed by atoms with Crippen LogP contribution in [0.4, 0.5) is 0 Å². The molecule has 0 bridgehead atoms. The summed E-state index contributed by atoms with van der Waals surface area (Å²) in [6, 6.07) is 16.6. The zero-order valence-corrected chi connectivity index (χ0v) is 17.0. The fraction of sp³-hybridized carbons (Fsp3) is 0.304. The van der Waals surface area contributed by atoms with Gasteiger partial charge in [-0.1, -0.05) is 36.4 Å². The molecule has 0 fully saturated rings. The van der Waals surface area contributed by atoms with Crippen LogP contribution in [0.5, 0.6) is 5.75 Å². The molecule has 1 atom stereocenters. The standard InChI is InChI=1S/C23H25NO5/c1-15(21(25)24-23(2,3)4)28-22(26)20-18(14-27-16-10-6-5-7-11-16)17-12-8-9-13-19(17)29-20/h5-13,15H,14H2,1-4H3,(H,24,25). The van der Waals surface area contributed by atoms with Crippen LogP contribution in [0, 0.1) is 0 Å². The molecule has 0 radical (unpaired) electrons. The van der Waals surface area contributed by atoms with Crippen molar-refractivity contribution in [1.29, 1.82) is 0 Å². The summed E-state index contributed by atoms with van der Waals surface area (Å²) in [6.45, 7) is 7.24. The van der Waals surface area contributed by atoms with E-state index < -0.39 is 17.6 Å². The Labute approximate surface area is 169 Å². The number of nitrogens with one attached hydrogen (secondary N) is 1. The van der Waals surface area contributed by atoms with Gasteiger partial charge in [0.2, 0.25) is 5.76 Å². The van der Waals surface area contributed by atoms with Gasteiger partial charge in [0.1, 0.15) is 17.9 Å². The normalized spacial score (nSPS) is 12.4. The lowest BCUT2D eigenvalue weighted by atomic mass is 10.1. The molecule has 6 nitrogen and oxygen atoms in total. The Morgan fingerprint density at radius 2 is 1.69 bits per heavy atom. The molecule has 0 saturated carbocycles. The molecule has 0 aliphatic carbocycles. The molecule has 0 spiro atoms. The van der Waals surface area contributed by atoms with Crippen molar-refractivity contribution >= 4 is 22.8 Å². The minimum absolute atomic E-state index is 0.0394. The maximum atomic E-state index is 12.8. The lowest BCUT2D eigenvalue weighted by Gasteiger charge is -2.23. The maximum absolute atomic E-state index is 12.8. The van der Waals surface area contributed by atoms with E-state index in [-0.39, 0.29) is 18.3 Å². The van der Waals surface area contributed by atoms with Crippen LogP contribution in [0.25, 0.3) is 11.0 Å². The molecule has 1 N–H and O–H groups in total. The van der Waals surface area contributed by atoms with E-state index in [1.54, 1.807) is 6.07 Å². The highest BCUT2D eigenvalue weighted by Crippen LogP contribution is 2.28. The number of hydrogen-bond acceptors (Lipinski definition) is 5. The number of para-hydroxylation sites is 2. The van der Waals surface area contributed by atoms with Crippen LogP contribution in [0.1, 0.15) is 43.8 Å². The summed E-state index contributed by atoms with van der Waals surface area (Å²) in [7, 11) is 0. The molecular formula is C23H25NO5. The second-order valence-corrected chi connectivity index (χ2v) is 7.79. The molecule has 1 aromatic heterocycles. The van der Waals surface area contributed by atoms with Gasteiger partial charge in [0.15, 0.2) is 6.10 Å². The lowest BCUT2D eigenvalue weighted by Crippen LogP contribution is -2.46. The van der Waals surface area contributed by atoms with Crippen molar-refractivity contribution in [2.75, 3.05) is 0 Å². The molecule has 1 heterocycles. The predicted octanol–water partition coefficient (Wildman–Crippen LogP) is 4.47. The third-order valence-electron chi connectivity index (χ3n) is 4.16. The first-order valence-electron chi connectivity index (χ1n) is 9.46. The fourth-order valence-electron chi connectivity index (χ4n) is 2.82. The van der Waals surface area contributed by atoms with Crippen LogP contribution in [0.3, 0.4) is 0 Å². The quantitative estimate of drug-likeness (QED) is 0.623. The van der Waals surface area contributed by atoms with Gasteiger partial charge in [0.05, 0.1) is 5.56 Å². The molecule has 2 aromatic carbocycles. The van der Waals surface area contributed by atoms with Gasteiger partial charge < -0.3 is 19.2 Å². The van der Waals surface area contributed by atoms with E-state index in [9.17, 15) is 9.59 Å². The Morgan fingerprint density at radius 3 is 2.38 bits per heavy atom. The molecule has 0 aliphatic heterocycles.